The fourth-order valence-electron chi connectivity index (χ4n) is 5.13. The van der Waals surface area contributed by atoms with E-state index in [0.29, 0.717) is 19.4 Å². The van der Waals surface area contributed by atoms with Gasteiger partial charge in [0.2, 0.25) is 5.91 Å². The van der Waals surface area contributed by atoms with Gasteiger partial charge in [0.15, 0.2) is 5.65 Å². The number of likely N-dealkylation sites (tertiary alicyclic amines) is 1. The van der Waals surface area contributed by atoms with Crippen LogP contribution in [-0.4, -0.2) is 44.7 Å². The number of carbonyl (C=O) groups is 1. The van der Waals surface area contributed by atoms with Crippen molar-refractivity contribution in [1.29, 1.82) is 0 Å². The number of nitrogens with zero attached hydrogens (tertiary/aromatic N) is 4. The Morgan fingerprint density at radius 2 is 1.80 bits per heavy atom. The van der Waals surface area contributed by atoms with E-state index in [0.717, 1.165) is 47.7 Å². The molecule has 1 saturated carbocycles. The topological polar surface area (TPSA) is 50.5 Å². The molecule has 2 fully saturated rings. The molecule has 1 aliphatic heterocycles. The van der Waals surface area contributed by atoms with Crippen LogP contribution in [0.1, 0.15) is 79.9 Å². The van der Waals surface area contributed by atoms with Crippen LogP contribution in [0.15, 0.2) is 6.07 Å². The van der Waals surface area contributed by atoms with Crippen molar-refractivity contribution in [3.05, 3.63) is 28.7 Å². The van der Waals surface area contributed by atoms with Gasteiger partial charge in [-0.15, -0.1) is 0 Å². The highest BCUT2D eigenvalue weighted by Gasteiger charge is 2.42. The Bertz CT molecular complexity index is 944. The number of piperidine rings is 1. The average molecular weight is 422 g/mol. The standard InChI is InChI=1S/C22H29F3N4O/c1-13-14(2)26-20-11-19(16-6-8-18(9-7-16)22(23,24)25)27-29(20)21(13)17-5-4-10-28(12-17)15(3)30/h11,16-18H,4-10,12H2,1-3H3/t16-,17-,18-/m0/s1. The zero-order chi connectivity index (χ0) is 21.6. The molecule has 1 saturated heterocycles. The molecule has 0 unspecified atom stereocenters. The van der Waals surface area contributed by atoms with E-state index in [1.165, 1.54) is 0 Å². The molecule has 0 spiro atoms. The molecule has 8 heteroatoms. The molecular formula is C22H29F3N4O. The van der Waals surface area contributed by atoms with Gasteiger partial charge in [-0.25, -0.2) is 9.50 Å². The maximum atomic E-state index is 13.0. The van der Waals surface area contributed by atoms with Crippen LogP contribution in [0.2, 0.25) is 0 Å². The molecule has 2 aromatic rings. The largest absolute Gasteiger partial charge is 0.391 e. The second kappa shape index (κ2) is 7.85. The van der Waals surface area contributed by atoms with E-state index in [-0.39, 0.29) is 30.6 Å². The van der Waals surface area contributed by atoms with Gasteiger partial charge in [0, 0.05) is 43.6 Å². The van der Waals surface area contributed by atoms with Crippen molar-refractivity contribution in [3.63, 3.8) is 0 Å². The number of aryl methyl sites for hydroxylation is 1. The number of carbonyl (C=O) groups excluding carboxylic acids is 1. The first-order chi connectivity index (χ1) is 14.1. The quantitative estimate of drug-likeness (QED) is 0.691. The molecule has 0 radical (unpaired) electrons. The highest BCUT2D eigenvalue weighted by molar-refractivity contribution is 5.73. The highest BCUT2D eigenvalue weighted by Crippen LogP contribution is 2.43. The van der Waals surface area contributed by atoms with Gasteiger partial charge in [0.25, 0.3) is 0 Å². The normalized spacial score (nSPS) is 25.7. The number of amides is 1. The van der Waals surface area contributed by atoms with E-state index in [1.807, 2.05) is 29.3 Å². The van der Waals surface area contributed by atoms with Crippen LogP contribution in [0.25, 0.3) is 5.65 Å². The average Bonchev–Trinajstić information content (AvgIpc) is 3.11. The van der Waals surface area contributed by atoms with E-state index >= 15 is 0 Å². The molecule has 2 aromatic heterocycles. The van der Waals surface area contributed by atoms with Gasteiger partial charge < -0.3 is 4.90 Å². The van der Waals surface area contributed by atoms with Gasteiger partial charge in [-0.05, 0) is 57.9 Å². The first-order valence-electron chi connectivity index (χ1n) is 10.8. The molecule has 30 heavy (non-hydrogen) atoms. The predicted molar refractivity (Wildman–Crippen MR) is 107 cm³/mol. The Kier molecular flexibility index (Phi) is 5.53. The summed E-state index contributed by atoms with van der Waals surface area (Å²) in [5, 5.41) is 4.84. The number of halogens is 3. The van der Waals surface area contributed by atoms with Gasteiger partial charge >= 0.3 is 6.18 Å². The zero-order valence-corrected chi connectivity index (χ0v) is 17.8. The van der Waals surface area contributed by atoms with Crippen LogP contribution in [0, 0.1) is 19.8 Å². The monoisotopic (exact) mass is 422 g/mol. The third-order valence-corrected chi connectivity index (χ3v) is 7.01. The van der Waals surface area contributed by atoms with Gasteiger partial charge in [-0.1, -0.05) is 0 Å². The van der Waals surface area contributed by atoms with Crippen molar-refractivity contribution in [2.75, 3.05) is 13.1 Å². The van der Waals surface area contributed by atoms with Crippen molar-refractivity contribution in [2.45, 2.75) is 77.3 Å². The molecule has 0 aromatic carbocycles. The molecule has 3 heterocycles. The highest BCUT2D eigenvalue weighted by atomic mass is 19.4. The second-order valence-corrected chi connectivity index (χ2v) is 8.94. The van der Waals surface area contributed by atoms with E-state index in [9.17, 15) is 18.0 Å². The number of aromatic nitrogens is 3. The number of hydrogen-bond acceptors (Lipinski definition) is 3. The summed E-state index contributed by atoms with van der Waals surface area (Å²) in [5.41, 5.74) is 4.69. The summed E-state index contributed by atoms with van der Waals surface area (Å²) in [7, 11) is 0. The van der Waals surface area contributed by atoms with E-state index in [4.69, 9.17) is 10.1 Å². The lowest BCUT2D eigenvalue weighted by atomic mass is 9.80. The molecule has 5 nitrogen and oxygen atoms in total. The summed E-state index contributed by atoms with van der Waals surface area (Å²) in [4.78, 5) is 18.5. The molecule has 2 aliphatic rings. The van der Waals surface area contributed by atoms with Crippen LogP contribution < -0.4 is 0 Å². The van der Waals surface area contributed by atoms with Gasteiger partial charge in [0.1, 0.15) is 0 Å². The molecule has 1 aliphatic carbocycles. The van der Waals surface area contributed by atoms with Gasteiger partial charge in [0.05, 0.1) is 17.3 Å². The van der Waals surface area contributed by atoms with E-state index in [1.54, 1.807) is 6.92 Å². The van der Waals surface area contributed by atoms with E-state index < -0.39 is 12.1 Å². The van der Waals surface area contributed by atoms with Crippen LogP contribution in [0.5, 0.6) is 0 Å². The van der Waals surface area contributed by atoms with Crippen molar-refractivity contribution in [1.82, 2.24) is 19.5 Å². The Morgan fingerprint density at radius 1 is 1.10 bits per heavy atom. The molecule has 0 N–H and O–H groups in total. The van der Waals surface area contributed by atoms with Crippen molar-refractivity contribution in [2.24, 2.45) is 5.92 Å². The summed E-state index contributed by atoms with van der Waals surface area (Å²) in [6.45, 7) is 7.07. The lowest BCUT2D eigenvalue weighted by Crippen LogP contribution is -2.38. The van der Waals surface area contributed by atoms with Crippen molar-refractivity contribution >= 4 is 11.6 Å². The number of alkyl halides is 3. The molecule has 1 atom stereocenters. The lowest BCUT2D eigenvalue weighted by Gasteiger charge is -2.33. The number of rotatable bonds is 2. The Balaban J connectivity index is 1.65. The minimum Gasteiger partial charge on any atom is -0.342 e. The Hall–Kier alpha value is -2.12. The molecule has 1 amide bonds. The fraction of sp³-hybridized carbons (Fsp3) is 0.682. The third-order valence-electron chi connectivity index (χ3n) is 7.01. The first-order valence-corrected chi connectivity index (χ1v) is 10.8. The summed E-state index contributed by atoms with van der Waals surface area (Å²) in [6, 6.07) is 1.94. The van der Waals surface area contributed by atoms with Crippen molar-refractivity contribution < 1.29 is 18.0 Å². The SMILES string of the molecule is CC(=O)N1CCC[C@H](c2c(C)c(C)nc3cc([C@H]4CC[C@H](C(F)(F)F)CC4)nn23)C1. The van der Waals surface area contributed by atoms with Crippen molar-refractivity contribution in [3.8, 4) is 0 Å². The van der Waals surface area contributed by atoms with Gasteiger partial charge in [-0.3, -0.25) is 4.79 Å². The second-order valence-electron chi connectivity index (χ2n) is 8.94. The first kappa shape index (κ1) is 21.1. The van der Waals surface area contributed by atoms with Crippen LogP contribution in [0.4, 0.5) is 13.2 Å². The summed E-state index contributed by atoms with van der Waals surface area (Å²) in [5.74, 6) is -0.884. The lowest BCUT2D eigenvalue weighted by molar-refractivity contribution is -0.182. The van der Waals surface area contributed by atoms with Crippen LogP contribution >= 0.6 is 0 Å². The fourth-order valence-corrected chi connectivity index (χ4v) is 5.13. The minimum absolute atomic E-state index is 0.0406. The number of fused-ring (bicyclic) bond motifs is 1. The summed E-state index contributed by atoms with van der Waals surface area (Å²) in [6.07, 6.45) is -0.841. The predicted octanol–water partition coefficient (Wildman–Crippen LogP) is 4.91. The number of hydrogen-bond donors (Lipinski definition) is 0. The molecular weight excluding hydrogens is 393 g/mol. The van der Waals surface area contributed by atoms with Gasteiger partial charge in [-0.2, -0.15) is 18.3 Å². The molecule has 4 rings (SSSR count). The maximum Gasteiger partial charge on any atom is 0.391 e. The Labute approximate surface area is 174 Å². The summed E-state index contributed by atoms with van der Waals surface area (Å²) < 4.78 is 40.9. The molecule has 0 bridgehead atoms. The summed E-state index contributed by atoms with van der Waals surface area (Å²) >= 11 is 0. The van der Waals surface area contributed by atoms with E-state index in [2.05, 4.69) is 0 Å². The molecule has 164 valence electrons. The minimum atomic E-state index is -4.10. The zero-order valence-electron chi connectivity index (χ0n) is 17.8. The third kappa shape index (κ3) is 3.93. The Morgan fingerprint density at radius 3 is 2.43 bits per heavy atom. The van der Waals surface area contributed by atoms with Crippen LogP contribution in [0.3, 0.4) is 0 Å². The van der Waals surface area contributed by atoms with Crippen LogP contribution in [-0.2, 0) is 4.79 Å². The smallest absolute Gasteiger partial charge is 0.342 e. The maximum absolute atomic E-state index is 13.0.